The molecule has 0 amide bonds. The third-order valence-electron chi connectivity index (χ3n) is 4.07. The van der Waals surface area contributed by atoms with E-state index in [1.807, 2.05) is 24.3 Å². The van der Waals surface area contributed by atoms with E-state index >= 15 is 0 Å². The Bertz CT molecular complexity index is 475. The lowest BCUT2D eigenvalue weighted by Crippen LogP contribution is -2.41. The minimum absolute atomic E-state index is 0.243. The molecule has 1 aromatic carbocycles. The number of benzene rings is 1. The standard InChI is InChI=1S/C14H14O2/c15-13(16)14-8-4-3-6-11(14)9-10-5-1-2-7-12(10)14/h1-5,7,11H,6,8-9H2,(H,15,16)/t11-,14-/m1/s1. The number of fused-ring (bicyclic) bond motifs is 3. The molecule has 0 heterocycles. The van der Waals surface area contributed by atoms with Crippen molar-refractivity contribution in [1.82, 2.24) is 0 Å². The second-order valence-corrected chi connectivity index (χ2v) is 4.75. The van der Waals surface area contributed by atoms with E-state index in [0.717, 1.165) is 18.4 Å². The predicted octanol–water partition coefficient (Wildman–Crippen LogP) is 2.53. The third kappa shape index (κ3) is 1.04. The van der Waals surface area contributed by atoms with Gasteiger partial charge in [-0.15, -0.1) is 0 Å². The van der Waals surface area contributed by atoms with E-state index in [-0.39, 0.29) is 5.92 Å². The maximum absolute atomic E-state index is 11.7. The zero-order chi connectivity index (χ0) is 11.2. The molecule has 0 radical (unpaired) electrons. The van der Waals surface area contributed by atoms with Crippen molar-refractivity contribution in [2.24, 2.45) is 5.92 Å². The number of hydrogen-bond donors (Lipinski definition) is 1. The number of hydrogen-bond acceptors (Lipinski definition) is 1. The van der Waals surface area contributed by atoms with Gasteiger partial charge >= 0.3 is 5.97 Å². The van der Waals surface area contributed by atoms with Gasteiger partial charge in [0.05, 0.1) is 5.41 Å². The van der Waals surface area contributed by atoms with Crippen molar-refractivity contribution >= 4 is 5.97 Å². The fraction of sp³-hybridized carbons (Fsp3) is 0.357. The summed E-state index contributed by atoms with van der Waals surface area (Å²) in [4.78, 5) is 11.7. The van der Waals surface area contributed by atoms with Crippen LogP contribution in [-0.2, 0) is 16.6 Å². The van der Waals surface area contributed by atoms with Crippen molar-refractivity contribution in [2.75, 3.05) is 0 Å². The Balaban J connectivity index is 2.21. The minimum atomic E-state index is -0.660. The van der Waals surface area contributed by atoms with Crippen LogP contribution in [0.3, 0.4) is 0 Å². The van der Waals surface area contributed by atoms with Crippen LogP contribution in [0, 0.1) is 5.92 Å². The lowest BCUT2D eigenvalue weighted by Gasteiger charge is -2.33. The fourth-order valence-corrected chi connectivity index (χ4v) is 3.26. The third-order valence-corrected chi connectivity index (χ3v) is 4.07. The van der Waals surface area contributed by atoms with Crippen molar-refractivity contribution in [2.45, 2.75) is 24.7 Å². The van der Waals surface area contributed by atoms with Crippen LogP contribution in [-0.4, -0.2) is 11.1 Å². The average molecular weight is 214 g/mol. The topological polar surface area (TPSA) is 37.3 Å². The first kappa shape index (κ1) is 9.64. The molecule has 0 bridgehead atoms. The molecule has 2 heteroatoms. The molecule has 0 aliphatic heterocycles. The van der Waals surface area contributed by atoms with Crippen LogP contribution in [0.2, 0.25) is 0 Å². The summed E-state index contributed by atoms with van der Waals surface area (Å²) in [5.74, 6) is -0.417. The molecule has 0 saturated carbocycles. The van der Waals surface area contributed by atoms with Gasteiger partial charge in [0.1, 0.15) is 0 Å². The predicted molar refractivity (Wildman–Crippen MR) is 61.3 cm³/mol. The number of carboxylic acids is 1. The summed E-state index contributed by atoms with van der Waals surface area (Å²) in [6, 6.07) is 8.00. The largest absolute Gasteiger partial charge is 0.481 e. The van der Waals surface area contributed by atoms with E-state index in [2.05, 4.69) is 12.1 Å². The van der Waals surface area contributed by atoms with E-state index < -0.39 is 11.4 Å². The van der Waals surface area contributed by atoms with Crippen LogP contribution < -0.4 is 0 Å². The summed E-state index contributed by atoms with van der Waals surface area (Å²) in [5.41, 5.74) is 1.61. The smallest absolute Gasteiger partial charge is 0.314 e. The normalized spacial score (nSPS) is 30.9. The van der Waals surface area contributed by atoms with Crippen molar-refractivity contribution < 1.29 is 9.90 Å². The molecule has 2 aliphatic carbocycles. The second kappa shape index (κ2) is 3.21. The summed E-state index contributed by atoms with van der Waals surface area (Å²) in [5, 5.41) is 9.61. The van der Waals surface area contributed by atoms with Gasteiger partial charge in [-0.3, -0.25) is 4.79 Å². The molecule has 1 aromatic rings. The maximum atomic E-state index is 11.7. The number of carboxylic acid groups (broad SMARTS) is 1. The monoisotopic (exact) mass is 214 g/mol. The molecule has 0 saturated heterocycles. The molecule has 1 N–H and O–H groups in total. The maximum Gasteiger partial charge on any atom is 0.314 e. The minimum Gasteiger partial charge on any atom is -0.481 e. The first-order chi connectivity index (χ1) is 7.75. The van der Waals surface area contributed by atoms with Crippen LogP contribution in [0.5, 0.6) is 0 Å². The first-order valence-electron chi connectivity index (χ1n) is 5.72. The molecule has 0 unspecified atom stereocenters. The van der Waals surface area contributed by atoms with Crippen molar-refractivity contribution in [3.8, 4) is 0 Å². The molecular formula is C14H14O2. The Kier molecular flexibility index (Phi) is 1.93. The summed E-state index contributed by atoms with van der Waals surface area (Å²) in [6.07, 6.45) is 6.59. The van der Waals surface area contributed by atoms with E-state index in [1.165, 1.54) is 5.56 Å². The second-order valence-electron chi connectivity index (χ2n) is 4.75. The van der Waals surface area contributed by atoms with Crippen molar-refractivity contribution in [3.05, 3.63) is 47.5 Å². The Morgan fingerprint density at radius 1 is 1.31 bits per heavy atom. The zero-order valence-corrected chi connectivity index (χ0v) is 9.02. The Morgan fingerprint density at radius 2 is 2.12 bits per heavy atom. The van der Waals surface area contributed by atoms with Gasteiger partial charge in [0.25, 0.3) is 0 Å². The van der Waals surface area contributed by atoms with Crippen LogP contribution in [0.25, 0.3) is 0 Å². The summed E-state index contributed by atoms with van der Waals surface area (Å²) in [6.45, 7) is 0. The molecule has 2 aliphatic rings. The number of aliphatic carboxylic acids is 1. The van der Waals surface area contributed by atoms with Crippen LogP contribution >= 0.6 is 0 Å². The lowest BCUT2D eigenvalue weighted by molar-refractivity contribution is -0.145. The highest BCUT2D eigenvalue weighted by molar-refractivity contribution is 5.84. The number of rotatable bonds is 1. The average Bonchev–Trinajstić information content (AvgIpc) is 2.64. The molecule has 2 atom stereocenters. The molecule has 0 spiro atoms. The van der Waals surface area contributed by atoms with Crippen molar-refractivity contribution in [1.29, 1.82) is 0 Å². The van der Waals surface area contributed by atoms with Gasteiger partial charge in [-0.1, -0.05) is 36.4 Å². The fourth-order valence-electron chi connectivity index (χ4n) is 3.26. The van der Waals surface area contributed by atoms with E-state index in [4.69, 9.17) is 0 Å². The molecule has 0 fully saturated rings. The number of carbonyl (C=O) groups is 1. The van der Waals surface area contributed by atoms with E-state index in [9.17, 15) is 9.90 Å². The lowest BCUT2D eigenvalue weighted by atomic mass is 9.68. The van der Waals surface area contributed by atoms with Crippen LogP contribution in [0.4, 0.5) is 0 Å². The highest BCUT2D eigenvalue weighted by Gasteiger charge is 2.52. The summed E-state index contributed by atoms with van der Waals surface area (Å²) >= 11 is 0. The zero-order valence-electron chi connectivity index (χ0n) is 9.02. The van der Waals surface area contributed by atoms with Crippen LogP contribution in [0.1, 0.15) is 24.0 Å². The number of allylic oxidation sites excluding steroid dienone is 2. The highest BCUT2D eigenvalue weighted by Crippen LogP contribution is 2.49. The Hall–Kier alpha value is -1.57. The highest BCUT2D eigenvalue weighted by atomic mass is 16.4. The van der Waals surface area contributed by atoms with Gasteiger partial charge in [0, 0.05) is 0 Å². The Labute approximate surface area is 94.6 Å². The van der Waals surface area contributed by atoms with Gasteiger partial charge in [0.2, 0.25) is 0 Å². The van der Waals surface area contributed by atoms with Gasteiger partial charge < -0.3 is 5.11 Å². The first-order valence-corrected chi connectivity index (χ1v) is 5.72. The molecule has 2 nitrogen and oxygen atoms in total. The molecule has 82 valence electrons. The SMILES string of the molecule is O=C(O)[C@]12CC=CC[C@@H]1Cc1ccccc12. The summed E-state index contributed by atoms with van der Waals surface area (Å²) < 4.78 is 0. The van der Waals surface area contributed by atoms with Gasteiger partial charge in [-0.25, -0.2) is 0 Å². The van der Waals surface area contributed by atoms with Crippen LogP contribution in [0.15, 0.2) is 36.4 Å². The molecular weight excluding hydrogens is 200 g/mol. The van der Waals surface area contributed by atoms with Gasteiger partial charge in [-0.2, -0.15) is 0 Å². The van der Waals surface area contributed by atoms with Crippen molar-refractivity contribution in [3.63, 3.8) is 0 Å². The van der Waals surface area contributed by atoms with Gasteiger partial charge in [-0.05, 0) is 36.3 Å². The quantitative estimate of drug-likeness (QED) is 0.729. The molecule has 3 rings (SSSR count). The molecule has 0 aromatic heterocycles. The Morgan fingerprint density at radius 3 is 2.94 bits per heavy atom. The van der Waals surface area contributed by atoms with Gasteiger partial charge in [0.15, 0.2) is 0 Å². The molecule has 16 heavy (non-hydrogen) atoms. The van der Waals surface area contributed by atoms with E-state index in [1.54, 1.807) is 0 Å². The summed E-state index contributed by atoms with van der Waals surface area (Å²) in [7, 11) is 0. The van der Waals surface area contributed by atoms with E-state index in [0.29, 0.717) is 6.42 Å².